The van der Waals surface area contributed by atoms with Crippen molar-refractivity contribution in [3.05, 3.63) is 81.0 Å². The van der Waals surface area contributed by atoms with Crippen LogP contribution in [0.5, 0.6) is 11.5 Å². The minimum atomic E-state index is -0.743. The lowest BCUT2D eigenvalue weighted by Gasteiger charge is -2.10. The molecule has 1 amide bonds. The number of hydrogen-bond donors (Lipinski definition) is 1. The summed E-state index contributed by atoms with van der Waals surface area (Å²) in [6, 6.07) is 11.8. The van der Waals surface area contributed by atoms with Gasteiger partial charge in [0.25, 0.3) is 11.5 Å². The third kappa shape index (κ3) is 4.46. The van der Waals surface area contributed by atoms with Crippen LogP contribution in [0.15, 0.2) is 52.4 Å². The molecule has 0 aliphatic rings. The van der Waals surface area contributed by atoms with Gasteiger partial charge in [0.05, 0.1) is 26.1 Å². The van der Waals surface area contributed by atoms with E-state index in [1.807, 2.05) is 0 Å². The number of ether oxygens (including phenoxy) is 2. The molecule has 162 valence electrons. The van der Waals surface area contributed by atoms with Crippen LogP contribution in [0.3, 0.4) is 0 Å². The van der Waals surface area contributed by atoms with E-state index in [4.69, 9.17) is 9.47 Å². The fourth-order valence-electron chi connectivity index (χ4n) is 2.86. The number of methoxy groups -OCH3 is 2. The smallest absolute Gasteiger partial charge is 0.292 e. The summed E-state index contributed by atoms with van der Waals surface area (Å²) >= 11 is 0. The molecule has 2 aromatic carbocycles. The van der Waals surface area contributed by atoms with Gasteiger partial charge in [0.2, 0.25) is 0 Å². The predicted molar refractivity (Wildman–Crippen MR) is 114 cm³/mol. The maximum absolute atomic E-state index is 13.2. The normalized spacial score (nSPS) is 10.6. The number of nitrogens with zero attached hydrogens (tertiary/aromatic N) is 4. The first kappa shape index (κ1) is 22.2. The number of amides is 1. The Labute approximate surface area is 182 Å². The van der Waals surface area contributed by atoms with Gasteiger partial charge >= 0.3 is 0 Å². The highest BCUT2D eigenvalue weighted by molar-refractivity contribution is 5.95. The third-order valence-corrected chi connectivity index (χ3v) is 4.54. The van der Waals surface area contributed by atoms with Gasteiger partial charge in [-0.15, -0.1) is 0 Å². The first-order valence-electron chi connectivity index (χ1n) is 9.25. The van der Waals surface area contributed by atoms with Gasteiger partial charge in [0.15, 0.2) is 5.69 Å². The number of hydrogen-bond acceptors (Lipinski definition) is 7. The summed E-state index contributed by atoms with van der Waals surface area (Å²) in [7, 11) is 3.01. The summed E-state index contributed by atoms with van der Waals surface area (Å²) in [5.74, 6) is -0.168. The fraction of sp³-hybridized carbons (Fsp3) is 0.136. The molecule has 1 aromatic heterocycles. The highest BCUT2D eigenvalue weighted by Crippen LogP contribution is 2.22. The van der Waals surface area contributed by atoms with Crippen molar-refractivity contribution in [2.24, 2.45) is 5.10 Å². The molecule has 0 bridgehead atoms. The lowest BCUT2D eigenvalue weighted by Crippen LogP contribution is -2.31. The lowest BCUT2D eigenvalue weighted by atomic mass is 10.1. The molecular formula is C22H18FN5O4. The molecule has 1 N–H and O–H groups in total. The summed E-state index contributed by atoms with van der Waals surface area (Å²) in [6.07, 6.45) is 1.36. The largest absolute Gasteiger partial charge is 0.497 e. The Hall–Kier alpha value is -4.52. The summed E-state index contributed by atoms with van der Waals surface area (Å²) in [6.45, 7) is 1.44. The quantitative estimate of drug-likeness (QED) is 0.469. The molecule has 0 saturated heterocycles. The van der Waals surface area contributed by atoms with Crippen molar-refractivity contribution in [2.45, 2.75) is 6.92 Å². The Bertz CT molecular complexity index is 1290. The molecule has 10 heteroatoms. The van der Waals surface area contributed by atoms with Gasteiger partial charge in [-0.05, 0) is 49.4 Å². The number of carbonyl (C=O) groups excluding carboxylic acids is 1. The van der Waals surface area contributed by atoms with Crippen LogP contribution >= 0.6 is 0 Å². The summed E-state index contributed by atoms with van der Waals surface area (Å²) in [5.41, 5.74) is 2.01. The van der Waals surface area contributed by atoms with Crippen LogP contribution in [-0.2, 0) is 0 Å². The first-order chi connectivity index (χ1) is 15.4. The highest BCUT2D eigenvalue weighted by atomic mass is 19.1. The van der Waals surface area contributed by atoms with E-state index in [2.05, 4.69) is 15.6 Å². The summed E-state index contributed by atoms with van der Waals surface area (Å²) in [5, 5.41) is 17.4. The fourth-order valence-corrected chi connectivity index (χ4v) is 2.86. The van der Waals surface area contributed by atoms with Crippen LogP contribution < -0.4 is 20.5 Å². The lowest BCUT2D eigenvalue weighted by molar-refractivity contribution is 0.0947. The van der Waals surface area contributed by atoms with E-state index in [-0.39, 0.29) is 22.5 Å². The van der Waals surface area contributed by atoms with Gasteiger partial charge in [-0.25, -0.2) is 9.82 Å². The minimum Gasteiger partial charge on any atom is -0.497 e. The molecule has 0 saturated carbocycles. The Morgan fingerprint density at radius 1 is 1.22 bits per heavy atom. The van der Waals surface area contributed by atoms with E-state index in [1.165, 1.54) is 39.5 Å². The molecule has 0 fully saturated rings. The van der Waals surface area contributed by atoms with Crippen LogP contribution in [0, 0.1) is 24.1 Å². The molecule has 1 heterocycles. The monoisotopic (exact) mass is 435 g/mol. The second-order valence-corrected chi connectivity index (χ2v) is 6.46. The highest BCUT2D eigenvalue weighted by Gasteiger charge is 2.20. The number of hydrazone groups is 1. The molecule has 0 atom stereocenters. The topological polar surface area (TPSA) is 119 Å². The van der Waals surface area contributed by atoms with E-state index in [0.29, 0.717) is 17.1 Å². The molecule has 0 unspecified atom stereocenters. The van der Waals surface area contributed by atoms with E-state index >= 15 is 0 Å². The van der Waals surface area contributed by atoms with Crippen LogP contribution in [0.25, 0.3) is 5.69 Å². The van der Waals surface area contributed by atoms with Crippen molar-refractivity contribution < 1.29 is 18.7 Å². The van der Waals surface area contributed by atoms with Gasteiger partial charge in [-0.1, -0.05) is 0 Å². The predicted octanol–water partition coefficient (Wildman–Crippen LogP) is 2.33. The van der Waals surface area contributed by atoms with Crippen molar-refractivity contribution in [3.8, 4) is 23.3 Å². The van der Waals surface area contributed by atoms with Crippen molar-refractivity contribution >= 4 is 12.1 Å². The standard InChI is InChI=1S/C22H18FN5O4/c1-13-18(11-24)22(30)28(16-6-4-15(23)5-7-16)27-20(13)21(29)26-25-12-14-10-17(31-2)8-9-19(14)32-3/h4-10,12H,1-3H3,(H,26,29)/b25-12+. The second kappa shape index (κ2) is 9.53. The van der Waals surface area contributed by atoms with Gasteiger partial charge in [-0.2, -0.15) is 20.1 Å². The van der Waals surface area contributed by atoms with Crippen molar-refractivity contribution in [3.63, 3.8) is 0 Å². The number of carbonyl (C=O) groups is 1. The van der Waals surface area contributed by atoms with Crippen LogP contribution in [0.1, 0.15) is 27.2 Å². The van der Waals surface area contributed by atoms with Crippen molar-refractivity contribution in [2.75, 3.05) is 14.2 Å². The molecular weight excluding hydrogens is 417 g/mol. The average molecular weight is 435 g/mol. The first-order valence-corrected chi connectivity index (χ1v) is 9.25. The number of nitrogens with one attached hydrogen (secondary N) is 1. The Kier molecular flexibility index (Phi) is 6.60. The SMILES string of the molecule is COc1ccc(OC)c(/C=N/NC(=O)c2nn(-c3ccc(F)cc3)c(=O)c(C#N)c2C)c1. The molecule has 0 aliphatic carbocycles. The van der Waals surface area contributed by atoms with E-state index < -0.39 is 17.3 Å². The zero-order valence-corrected chi connectivity index (χ0v) is 17.4. The third-order valence-electron chi connectivity index (χ3n) is 4.54. The molecule has 32 heavy (non-hydrogen) atoms. The Morgan fingerprint density at radius 2 is 1.94 bits per heavy atom. The van der Waals surface area contributed by atoms with E-state index in [9.17, 15) is 19.2 Å². The van der Waals surface area contributed by atoms with Crippen LogP contribution in [-0.4, -0.2) is 36.1 Å². The van der Waals surface area contributed by atoms with Gasteiger partial charge in [0, 0.05) is 11.1 Å². The molecule has 3 rings (SSSR count). The molecule has 0 spiro atoms. The van der Waals surface area contributed by atoms with Crippen LogP contribution in [0.2, 0.25) is 0 Å². The number of nitriles is 1. The summed E-state index contributed by atoms with van der Waals surface area (Å²) < 4.78 is 24.5. The van der Waals surface area contributed by atoms with Gasteiger partial charge in [0.1, 0.15) is 28.9 Å². The van der Waals surface area contributed by atoms with E-state index in [1.54, 1.807) is 24.3 Å². The Morgan fingerprint density at radius 3 is 2.56 bits per heavy atom. The van der Waals surface area contributed by atoms with Crippen LogP contribution in [0.4, 0.5) is 4.39 Å². The average Bonchev–Trinajstić information content (AvgIpc) is 2.80. The van der Waals surface area contributed by atoms with Crippen molar-refractivity contribution in [1.82, 2.24) is 15.2 Å². The second-order valence-electron chi connectivity index (χ2n) is 6.46. The zero-order valence-electron chi connectivity index (χ0n) is 17.4. The number of benzene rings is 2. The van der Waals surface area contributed by atoms with Gasteiger partial charge in [-0.3, -0.25) is 9.59 Å². The molecule has 3 aromatic rings. The Balaban J connectivity index is 1.96. The van der Waals surface area contributed by atoms with Gasteiger partial charge < -0.3 is 9.47 Å². The molecule has 0 radical (unpaired) electrons. The molecule has 0 aliphatic heterocycles. The minimum absolute atomic E-state index is 0.0996. The zero-order chi connectivity index (χ0) is 23.3. The number of rotatable bonds is 6. The number of halogens is 1. The van der Waals surface area contributed by atoms with Crippen molar-refractivity contribution in [1.29, 1.82) is 5.26 Å². The number of aromatic nitrogens is 2. The maximum atomic E-state index is 13.2. The maximum Gasteiger partial charge on any atom is 0.292 e. The molecule has 9 nitrogen and oxygen atoms in total. The summed E-state index contributed by atoms with van der Waals surface area (Å²) in [4.78, 5) is 25.3. The van der Waals surface area contributed by atoms with E-state index in [0.717, 1.165) is 16.8 Å².